The molecule has 0 atom stereocenters. The number of nitrogens with zero attached hydrogens (tertiary/aromatic N) is 1. The molecule has 1 saturated carbocycles. The van der Waals surface area contributed by atoms with Crippen LogP contribution >= 0.6 is 11.6 Å². The van der Waals surface area contributed by atoms with Gasteiger partial charge in [0.1, 0.15) is 5.82 Å². The maximum atomic E-state index is 12.1. The largest absolute Gasteiger partial charge is 0.310 e. The van der Waals surface area contributed by atoms with Crippen LogP contribution in [0.15, 0.2) is 18.3 Å². The van der Waals surface area contributed by atoms with Crippen LogP contribution in [0.4, 0.5) is 5.82 Å². The molecule has 16 heavy (non-hydrogen) atoms. The molecular formula is C12H15ClN2O. The van der Waals surface area contributed by atoms with Crippen molar-refractivity contribution in [2.75, 3.05) is 5.32 Å². The summed E-state index contributed by atoms with van der Waals surface area (Å²) in [4.78, 5) is 16.1. The standard InChI is InChI=1S/C12H15ClN2O/c1-12(5-2-3-6-12)11(16)15-10-8-9(13)4-7-14-10/h4,7-8H,2-3,5-6H2,1H3,(H,14,15,16). The van der Waals surface area contributed by atoms with Gasteiger partial charge in [-0.05, 0) is 25.0 Å². The van der Waals surface area contributed by atoms with Crippen LogP contribution in [-0.2, 0) is 4.79 Å². The van der Waals surface area contributed by atoms with Crippen molar-refractivity contribution >= 4 is 23.3 Å². The topological polar surface area (TPSA) is 42.0 Å². The molecule has 1 amide bonds. The fourth-order valence-electron chi connectivity index (χ4n) is 2.12. The van der Waals surface area contributed by atoms with Crippen LogP contribution in [0.25, 0.3) is 0 Å². The molecule has 0 aliphatic heterocycles. The molecule has 1 aliphatic rings. The molecule has 0 spiro atoms. The van der Waals surface area contributed by atoms with E-state index >= 15 is 0 Å². The lowest BCUT2D eigenvalue weighted by atomic mass is 9.88. The molecule has 1 fully saturated rings. The predicted octanol–water partition coefficient (Wildman–Crippen LogP) is 3.25. The average molecular weight is 239 g/mol. The van der Waals surface area contributed by atoms with Crippen LogP contribution in [0, 0.1) is 5.41 Å². The summed E-state index contributed by atoms with van der Waals surface area (Å²) in [5, 5.41) is 3.42. The second-order valence-corrected chi connectivity index (χ2v) is 5.02. The number of nitrogens with one attached hydrogen (secondary N) is 1. The first-order valence-corrected chi connectivity index (χ1v) is 5.91. The molecule has 1 aromatic heterocycles. The molecule has 0 saturated heterocycles. The average Bonchev–Trinajstić information content (AvgIpc) is 2.66. The summed E-state index contributed by atoms with van der Waals surface area (Å²) >= 11 is 5.83. The van der Waals surface area contributed by atoms with E-state index in [-0.39, 0.29) is 11.3 Å². The minimum Gasteiger partial charge on any atom is -0.310 e. The number of rotatable bonds is 2. The SMILES string of the molecule is CC1(C(=O)Nc2cc(Cl)ccn2)CCCC1. The van der Waals surface area contributed by atoms with Gasteiger partial charge in [-0.1, -0.05) is 31.4 Å². The summed E-state index contributed by atoms with van der Waals surface area (Å²) in [6.45, 7) is 2.01. The number of anilines is 1. The van der Waals surface area contributed by atoms with Crippen molar-refractivity contribution in [1.82, 2.24) is 4.98 Å². The van der Waals surface area contributed by atoms with E-state index in [2.05, 4.69) is 10.3 Å². The molecule has 0 bridgehead atoms. The summed E-state index contributed by atoms with van der Waals surface area (Å²) in [5.41, 5.74) is -0.232. The van der Waals surface area contributed by atoms with E-state index < -0.39 is 0 Å². The Labute approximate surface area is 100 Å². The lowest BCUT2D eigenvalue weighted by molar-refractivity contribution is -0.124. The summed E-state index contributed by atoms with van der Waals surface area (Å²) in [5.74, 6) is 0.588. The quantitative estimate of drug-likeness (QED) is 0.859. The monoisotopic (exact) mass is 238 g/mol. The third-order valence-corrected chi connectivity index (χ3v) is 3.45. The Balaban J connectivity index is 2.07. The Morgan fingerprint density at radius 1 is 1.50 bits per heavy atom. The van der Waals surface area contributed by atoms with Crippen LogP contribution in [-0.4, -0.2) is 10.9 Å². The van der Waals surface area contributed by atoms with Gasteiger partial charge < -0.3 is 5.32 Å². The van der Waals surface area contributed by atoms with Gasteiger partial charge in [-0.3, -0.25) is 4.79 Å². The highest BCUT2D eigenvalue weighted by molar-refractivity contribution is 6.30. The van der Waals surface area contributed by atoms with Crippen LogP contribution in [0.1, 0.15) is 32.6 Å². The van der Waals surface area contributed by atoms with Crippen molar-refractivity contribution in [2.24, 2.45) is 5.41 Å². The Hall–Kier alpha value is -1.09. The highest BCUT2D eigenvalue weighted by atomic mass is 35.5. The Bertz CT molecular complexity index is 400. The number of aromatic nitrogens is 1. The second kappa shape index (κ2) is 4.42. The van der Waals surface area contributed by atoms with Crippen molar-refractivity contribution in [1.29, 1.82) is 0 Å². The Morgan fingerprint density at radius 2 is 2.19 bits per heavy atom. The Morgan fingerprint density at radius 3 is 2.81 bits per heavy atom. The van der Waals surface area contributed by atoms with E-state index in [9.17, 15) is 4.79 Å². The van der Waals surface area contributed by atoms with Gasteiger partial charge in [0.15, 0.2) is 0 Å². The van der Waals surface area contributed by atoms with Gasteiger partial charge in [0.2, 0.25) is 5.91 Å². The summed E-state index contributed by atoms with van der Waals surface area (Å²) in [7, 11) is 0. The zero-order valence-electron chi connectivity index (χ0n) is 9.29. The third-order valence-electron chi connectivity index (χ3n) is 3.22. The number of amides is 1. The molecular weight excluding hydrogens is 224 g/mol. The molecule has 2 rings (SSSR count). The molecule has 4 heteroatoms. The van der Waals surface area contributed by atoms with E-state index in [1.165, 1.54) is 0 Å². The van der Waals surface area contributed by atoms with Gasteiger partial charge >= 0.3 is 0 Å². The minimum absolute atomic E-state index is 0.0553. The zero-order valence-corrected chi connectivity index (χ0v) is 10.0. The molecule has 0 unspecified atom stereocenters. The number of hydrogen-bond donors (Lipinski definition) is 1. The molecule has 1 heterocycles. The number of carbonyl (C=O) groups is 1. The van der Waals surface area contributed by atoms with Crippen LogP contribution < -0.4 is 5.32 Å². The van der Waals surface area contributed by atoms with Gasteiger partial charge in [0.25, 0.3) is 0 Å². The van der Waals surface area contributed by atoms with Crippen molar-refractivity contribution in [3.63, 3.8) is 0 Å². The lowest BCUT2D eigenvalue weighted by Crippen LogP contribution is -2.31. The number of halogens is 1. The van der Waals surface area contributed by atoms with E-state index in [4.69, 9.17) is 11.6 Å². The summed E-state index contributed by atoms with van der Waals surface area (Å²) < 4.78 is 0. The fraction of sp³-hybridized carbons (Fsp3) is 0.500. The van der Waals surface area contributed by atoms with E-state index in [1.54, 1.807) is 18.3 Å². The zero-order chi connectivity index (χ0) is 11.6. The van der Waals surface area contributed by atoms with Gasteiger partial charge in [0.05, 0.1) is 0 Å². The first kappa shape index (κ1) is 11.4. The number of hydrogen-bond acceptors (Lipinski definition) is 2. The van der Waals surface area contributed by atoms with Crippen molar-refractivity contribution in [3.8, 4) is 0 Å². The van der Waals surface area contributed by atoms with Crippen molar-refractivity contribution < 1.29 is 4.79 Å². The van der Waals surface area contributed by atoms with E-state index in [0.29, 0.717) is 10.8 Å². The molecule has 86 valence electrons. The van der Waals surface area contributed by atoms with Crippen LogP contribution in [0.5, 0.6) is 0 Å². The molecule has 0 radical (unpaired) electrons. The lowest BCUT2D eigenvalue weighted by Gasteiger charge is -2.21. The number of pyridine rings is 1. The molecule has 1 N–H and O–H groups in total. The van der Waals surface area contributed by atoms with Crippen LogP contribution in [0.2, 0.25) is 5.02 Å². The Kier molecular flexibility index (Phi) is 3.15. The van der Waals surface area contributed by atoms with Crippen molar-refractivity contribution in [2.45, 2.75) is 32.6 Å². The van der Waals surface area contributed by atoms with Crippen molar-refractivity contribution in [3.05, 3.63) is 23.4 Å². The second-order valence-electron chi connectivity index (χ2n) is 4.58. The van der Waals surface area contributed by atoms with Gasteiger partial charge in [-0.15, -0.1) is 0 Å². The normalized spacial score (nSPS) is 18.4. The van der Waals surface area contributed by atoms with Gasteiger partial charge in [0, 0.05) is 16.6 Å². The van der Waals surface area contributed by atoms with E-state index in [0.717, 1.165) is 25.7 Å². The van der Waals surface area contributed by atoms with E-state index in [1.807, 2.05) is 6.92 Å². The number of carbonyl (C=O) groups excluding carboxylic acids is 1. The molecule has 1 aromatic rings. The smallest absolute Gasteiger partial charge is 0.231 e. The first-order valence-electron chi connectivity index (χ1n) is 5.53. The summed E-state index contributed by atoms with van der Waals surface area (Å²) in [6, 6.07) is 3.35. The van der Waals surface area contributed by atoms with Gasteiger partial charge in [-0.2, -0.15) is 0 Å². The minimum atomic E-state index is -0.232. The van der Waals surface area contributed by atoms with Crippen LogP contribution in [0.3, 0.4) is 0 Å². The highest BCUT2D eigenvalue weighted by Crippen LogP contribution is 2.38. The van der Waals surface area contributed by atoms with Gasteiger partial charge in [-0.25, -0.2) is 4.98 Å². The molecule has 0 aromatic carbocycles. The predicted molar refractivity (Wildman–Crippen MR) is 64.5 cm³/mol. The molecule has 3 nitrogen and oxygen atoms in total. The maximum Gasteiger partial charge on any atom is 0.231 e. The first-order chi connectivity index (χ1) is 7.60. The fourth-order valence-corrected chi connectivity index (χ4v) is 2.28. The third kappa shape index (κ3) is 2.35. The molecule has 1 aliphatic carbocycles. The maximum absolute atomic E-state index is 12.1. The summed E-state index contributed by atoms with van der Waals surface area (Å²) in [6.07, 6.45) is 5.77. The highest BCUT2D eigenvalue weighted by Gasteiger charge is 2.36.